The second-order valence-electron chi connectivity index (χ2n) is 4.76. The summed E-state index contributed by atoms with van der Waals surface area (Å²) in [6.07, 6.45) is 0. The van der Waals surface area contributed by atoms with Gasteiger partial charge in [0.25, 0.3) is 0 Å². The highest BCUT2D eigenvalue weighted by Gasteiger charge is 2.09. The number of thioether (sulfide) groups is 1. The Hall–Kier alpha value is -2.04. The summed E-state index contributed by atoms with van der Waals surface area (Å²) in [5.74, 6) is 2.16. The second-order valence-corrected chi connectivity index (χ2v) is 6.96. The quantitative estimate of drug-likeness (QED) is 0.390. The third-order valence-corrected chi connectivity index (χ3v) is 5.04. The zero-order valence-corrected chi connectivity index (χ0v) is 15.8. The molecule has 1 heterocycles. The van der Waals surface area contributed by atoms with Crippen LogP contribution in [0.5, 0.6) is 11.5 Å². The lowest BCUT2D eigenvalue weighted by Crippen LogP contribution is -2.31. The molecule has 0 fully saturated rings. The number of benzene rings is 1. The van der Waals surface area contributed by atoms with Crippen molar-refractivity contribution >= 4 is 34.3 Å². The van der Waals surface area contributed by atoms with E-state index < -0.39 is 0 Å². The molecule has 0 aliphatic heterocycles. The van der Waals surface area contributed by atoms with E-state index in [4.69, 9.17) is 14.2 Å². The molecule has 1 aromatic heterocycles. The summed E-state index contributed by atoms with van der Waals surface area (Å²) < 4.78 is 16.1. The van der Waals surface area contributed by atoms with E-state index in [-0.39, 0.29) is 6.03 Å². The Kier molecular flexibility index (Phi) is 7.76. The minimum atomic E-state index is -0.331. The van der Waals surface area contributed by atoms with Crippen molar-refractivity contribution in [3.05, 3.63) is 23.8 Å². The molecule has 0 unspecified atom stereocenters. The van der Waals surface area contributed by atoms with Crippen LogP contribution < -0.4 is 20.1 Å². The van der Waals surface area contributed by atoms with Gasteiger partial charge in [0.1, 0.15) is 11.5 Å². The Labute approximate surface area is 154 Å². The van der Waals surface area contributed by atoms with Crippen LogP contribution >= 0.6 is 23.1 Å². The first-order valence-corrected chi connectivity index (χ1v) is 9.17. The van der Waals surface area contributed by atoms with Crippen molar-refractivity contribution in [2.45, 2.75) is 10.1 Å². The number of carbonyl (C=O) groups excluding carboxylic acids is 1. The molecule has 2 rings (SSSR count). The van der Waals surface area contributed by atoms with Gasteiger partial charge in [0.2, 0.25) is 5.13 Å². The summed E-state index contributed by atoms with van der Waals surface area (Å²) in [6.45, 7) is 0.884. The topological polar surface area (TPSA) is 94.6 Å². The lowest BCUT2D eigenvalue weighted by molar-refractivity contribution is 0.198. The highest BCUT2D eigenvalue weighted by Crippen LogP contribution is 2.31. The zero-order chi connectivity index (χ0) is 18.1. The van der Waals surface area contributed by atoms with Crippen LogP contribution in [0.2, 0.25) is 0 Å². The molecule has 0 aliphatic rings. The van der Waals surface area contributed by atoms with Gasteiger partial charge in [-0.1, -0.05) is 23.1 Å². The first-order chi connectivity index (χ1) is 12.1. The van der Waals surface area contributed by atoms with E-state index in [1.165, 1.54) is 23.1 Å². The molecular weight excluding hydrogens is 364 g/mol. The van der Waals surface area contributed by atoms with Gasteiger partial charge in [-0.05, 0) is 17.7 Å². The number of rotatable bonds is 9. The molecule has 1 aromatic carbocycles. The molecule has 2 N–H and O–H groups in total. The van der Waals surface area contributed by atoms with Gasteiger partial charge in [0.05, 0.1) is 20.8 Å². The molecular formula is C15H20N4O4S2. The van der Waals surface area contributed by atoms with Gasteiger partial charge in [-0.15, -0.1) is 10.2 Å². The number of hydrogen-bond donors (Lipinski definition) is 2. The zero-order valence-electron chi connectivity index (χ0n) is 14.2. The van der Waals surface area contributed by atoms with E-state index in [9.17, 15) is 4.79 Å². The van der Waals surface area contributed by atoms with Crippen molar-refractivity contribution in [2.75, 3.05) is 39.8 Å². The number of methoxy groups -OCH3 is 3. The number of anilines is 1. The molecule has 8 nitrogen and oxygen atoms in total. The van der Waals surface area contributed by atoms with E-state index in [0.717, 1.165) is 21.4 Å². The van der Waals surface area contributed by atoms with Crippen molar-refractivity contribution in [3.8, 4) is 11.5 Å². The number of ether oxygens (including phenoxy) is 3. The molecule has 2 aromatic rings. The van der Waals surface area contributed by atoms with E-state index in [0.29, 0.717) is 24.0 Å². The van der Waals surface area contributed by atoms with E-state index in [1.807, 2.05) is 18.2 Å². The average Bonchev–Trinajstić information content (AvgIpc) is 3.07. The maximum atomic E-state index is 11.6. The molecule has 0 spiro atoms. The van der Waals surface area contributed by atoms with Gasteiger partial charge >= 0.3 is 6.03 Å². The van der Waals surface area contributed by atoms with Crippen molar-refractivity contribution in [1.29, 1.82) is 0 Å². The highest BCUT2D eigenvalue weighted by molar-refractivity contribution is 8.00. The Morgan fingerprint density at radius 3 is 2.52 bits per heavy atom. The van der Waals surface area contributed by atoms with Crippen molar-refractivity contribution in [3.63, 3.8) is 0 Å². The fourth-order valence-corrected chi connectivity index (χ4v) is 3.50. The van der Waals surface area contributed by atoms with Crippen molar-refractivity contribution < 1.29 is 19.0 Å². The van der Waals surface area contributed by atoms with Gasteiger partial charge in [-0.2, -0.15) is 0 Å². The summed E-state index contributed by atoms with van der Waals surface area (Å²) in [4.78, 5) is 11.6. The number of urea groups is 1. The summed E-state index contributed by atoms with van der Waals surface area (Å²) >= 11 is 2.84. The fourth-order valence-electron chi connectivity index (χ4n) is 1.82. The van der Waals surface area contributed by atoms with Crippen LogP contribution in [-0.4, -0.2) is 50.7 Å². The van der Waals surface area contributed by atoms with Gasteiger partial charge in [0, 0.05) is 25.5 Å². The van der Waals surface area contributed by atoms with Crippen LogP contribution in [0, 0.1) is 0 Å². The predicted octanol–water partition coefficient (Wildman–Crippen LogP) is 2.62. The van der Waals surface area contributed by atoms with Crippen LogP contribution in [-0.2, 0) is 10.5 Å². The van der Waals surface area contributed by atoms with Crippen LogP contribution in [0.3, 0.4) is 0 Å². The molecule has 0 saturated carbocycles. The summed E-state index contributed by atoms with van der Waals surface area (Å²) in [5, 5.41) is 13.8. The number of carbonyl (C=O) groups is 1. The summed E-state index contributed by atoms with van der Waals surface area (Å²) in [7, 11) is 4.81. The molecule has 25 heavy (non-hydrogen) atoms. The largest absolute Gasteiger partial charge is 0.497 e. The number of nitrogens with one attached hydrogen (secondary N) is 2. The van der Waals surface area contributed by atoms with Crippen molar-refractivity contribution in [2.24, 2.45) is 0 Å². The fraction of sp³-hybridized carbons (Fsp3) is 0.400. The monoisotopic (exact) mass is 384 g/mol. The standard InChI is InChI=1S/C15H20N4O4S2/c1-21-5-4-16-13(20)17-14-18-19-15(25-14)24-9-10-6-11(22-2)8-12(7-10)23-3/h6-8H,4-5,9H2,1-3H3,(H2,16,17,18,20). The van der Waals surface area contributed by atoms with Gasteiger partial charge in [-0.3, -0.25) is 5.32 Å². The maximum absolute atomic E-state index is 11.6. The number of nitrogens with zero attached hydrogens (tertiary/aromatic N) is 2. The molecule has 2 amide bonds. The molecule has 0 aliphatic carbocycles. The van der Waals surface area contributed by atoms with E-state index >= 15 is 0 Å². The van der Waals surface area contributed by atoms with E-state index in [2.05, 4.69) is 20.8 Å². The average molecular weight is 384 g/mol. The van der Waals surface area contributed by atoms with E-state index in [1.54, 1.807) is 21.3 Å². The number of amides is 2. The third-order valence-electron chi connectivity index (χ3n) is 2.99. The van der Waals surface area contributed by atoms with Gasteiger partial charge in [-0.25, -0.2) is 4.79 Å². The van der Waals surface area contributed by atoms with Gasteiger partial charge in [0.15, 0.2) is 4.34 Å². The molecule has 10 heteroatoms. The highest BCUT2D eigenvalue weighted by atomic mass is 32.2. The van der Waals surface area contributed by atoms with Crippen LogP contribution in [0.4, 0.5) is 9.93 Å². The van der Waals surface area contributed by atoms with Crippen LogP contribution in [0.15, 0.2) is 22.5 Å². The van der Waals surface area contributed by atoms with Gasteiger partial charge < -0.3 is 19.5 Å². The minimum absolute atomic E-state index is 0.331. The van der Waals surface area contributed by atoms with Crippen LogP contribution in [0.25, 0.3) is 0 Å². The minimum Gasteiger partial charge on any atom is -0.497 e. The normalized spacial score (nSPS) is 10.4. The Bertz CT molecular complexity index is 674. The molecule has 0 saturated heterocycles. The second kappa shape index (κ2) is 10.1. The first kappa shape index (κ1) is 19.3. The maximum Gasteiger partial charge on any atom is 0.321 e. The summed E-state index contributed by atoms with van der Waals surface area (Å²) in [6, 6.07) is 5.38. The predicted molar refractivity (Wildman–Crippen MR) is 97.9 cm³/mol. The summed E-state index contributed by atoms with van der Waals surface area (Å²) in [5.41, 5.74) is 1.04. The SMILES string of the molecule is COCCNC(=O)Nc1nnc(SCc2cc(OC)cc(OC)c2)s1. The lowest BCUT2D eigenvalue weighted by Gasteiger charge is -2.07. The Balaban J connectivity index is 1.88. The van der Waals surface area contributed by atoms with Crippen molar-refractivity contribution in [1.82, 2.24) is 15.5 Å². The molecule has 0 atom stereocenters. The molecule has 136 valence electrons. The Morgan fingerprint density at radius 2 is 1.88 bits per heavy atom. The molecule has 0 bridgehead atoms. The molecule has 0 radical (unpaired) electrons. The third kappa shape index (κ3) is 6.40. The lowest BCUT2D eigenvalue weighted by atomic mass is 10.2. The number of aromatic nitrogens is 2. The smallest absolute Gasteiger partial charge is 0.321 e. The van der Waals surface area contributed by atoms with Crippen LogP contribution in [0.1, 0.15) is 5.56 Å². The Morgan fingerprint density at radius 1 is 1.16 bits per heavy atom. The number of hydrogen-bond acceptors (Lipinski definition) is 8. The first-order valence-electron chi connectivity index (χ1n) is 7.36.